The summed E-state index contributed by atoms with van der Waals surface area (Å²) in [5.41, 5.74) is 1.35. The van der Waals surface area contributed by atoms with E-state index < -0.39 is 17.5 Å². The van der Waals surface area contributed by atoms with E-state index in [2.05, 4.69) is 20.4 Å². The highest BCUT2D eigenvalue weighted by Crippen LogP contribution is 2.31. The molecule has 0 amide bonds. The van der Waals surface area contributed by atoms with Crippen molar-refractivity contribution < 1.29 is 13.2 Å². The van der Waals surface area contributed by atoms with Gasteiger partial charge in [0.15, 0.2) is 22.5 Å². The third-order valence-corrected chi connectivity index (χ3v) is 4.42. The highest BCUT2D eigenvalue weighted by Gasteiger charge is 2.21. The van der Waals surface area contributed by atoms with Crippen LogP contribution in [-0.2, 0) is 7.05 Å². The molecule has 3 heterocycles. The number of aromatic nitrogens is 6. The number of rotatable bonds is 2. The van der Waals surface area contributed by atoms with E-state index in [1.54, 1.807) is 11.7 Å². The van der Waals surface area contributed by atoms with Crippen LogP contribution in [0.25, 0.3) is 27.1 Å². The van der Waals surface area contributed by atoms with E-state index in [-0.39, 0.29) is 10.6 Å². The average molecular weight is 350 g/mol. The molecule has 6 nitrogen and oxygen atoms in total. The van der Waals surface area contributed by atoms with Crippen molar-refractivity contribution in [2.75, 3.05) is 0 Å². The molecule has 3 aromatic heterocycles. The highest BCUT2D eigenvalue weighted by molar-refractivity contribution is 7.19. The summed E-state index contributed by atoms with van der Waals surface area (Å²) < 4.78 is 43.5. The molecule has 10 heteroatoms. The number of aryl methyl sites for hydroxylation is 2. The van der Waals surface area contributed by atoms with E-state index in [9.17, 15) is 13.2 Å². The summed E-state index contributed by atoms with van der Waals surface area (Å²) in [6, 6.07) is 3.82. The van der Waals surface area contributed by atoms with Gasteiger partial charge in [-0.3, -0.25) is 4.68 Å². The van der Waals surface area contributed by atoms with Crippen molar-refractivity contribution in [3.63, 3.8) is 0 Å². The molecule has 4 aromatic rings. The summed E-state index contributed by atoms with van der Waals surface area (Å²) in [5.74, 6) is -3.62. The smallest absolute Gasteiger partial charge is 0.235 e. The first kappa shape index (κ1) is 14.8. The summed E-state index contributed by atoms with van der Waals surface area (Å²) >= 11 is 1.03. The molecular weight excluding hydrogens is 341 g/mol. The van der Waals surface area contributed by atoms with Gasteiger partial charge >= 0.3 is 0 Å². The largest absolute Gasteiger partial charge is 0.264 e. The second-order valence-electron chi connectivity index (χ2n) is 5.14. The summed E-state index contributed by atoms with van der Waals surface area (Å²) in [6.07, 6.45) is 0. The van der Waals surface area contributed by atoms with Gasteiger partial charge in [-0.25, -0.2) is 13.2 Å². The summed E-state index contributed by atoms with van der Waals surface area (Å²) in [5, 5.41) is 16.7. The van der Waals surface area contributed by atoms with Crippen LogP contribution >= 0.6 is 11.3 Å². The Morgan fingerprint density at radius 3 is 2.54 bits per heavy atom. The molecule has 0 fully saturated rings. The van der Waals surface area contributed by atoms with Gasteiger partial charge < -0.3 is 0 Å². The number of fused-ring (bicyclic) bond motifs is 1. The Labute approximate surface area is 137 Å². The van der Waals surface area contributed by atoms with Crippen molar-refractivity contribution in [3.05, 3.63) is 41.3 Å². The van der Waals surface area contributed by atoms with Crippen molar-refractivity contribution in [1.82, 2.24) is 29.6 Å². The van der Waals surface area contributed by atoms with Crippen molar-refractivity contribution >= 4 is 16.3 Å². The first-order valence-corrected chi connectivity index (χ1v) is 7.64. The standard InChI is InChI=1S/C14H9F3N6S/c1-6-5-9(22(2)20-6)12-18-19-14-23(12)21-13(24-14)7-3-4-8(15)11(17)10(7)16/h3-5H,1-2H3. The molecule has 4 rings (SSSR count). The van der Waals surface area contributed by atoms with Crippen LogP contribution < -0.4 is 0 Å². The maximum atomic E-state index is 14.0. The maximum Gasteiger partial charge on any atom is 0.235 e. The minimum absolute atomic E-state index is 0.128. The van der Waals surface area contributed by atoms with E-state index in [4.69, 9.17) is 0 Å². The molecule has 1 aromatic carbocycles. The fraction of sp³-hybridized carbons (Fsp3) is 0.143. The second-order valence-corrected chi connectivity index (χ2v) is 6.10. The molecule has 0 aliphatic rings. The molecule has 0 aliphatic carbocycles. The Hall–Kier alpha value is -2.75. The van der Waals surface area contributed by atoms with Crippen LogP contribution in [0.15, 0.2) is 18.2 Å². The van der Waals surface area contributed by atoms with Gasteiger partial charge in [0.2, 0.25) is 10.8 Å². The van der Waals surface area contributed by atoms with Crippen LogP contribution in [0.3, 0.4) is 0 Å². The zero-order valence-electron chi connectivity index (χ0n) is 12.5. The van der Waals surface area contributed by atoms with Crippen LogP contribution in [0.4, 0.5) is 13.2 Å². The first-order chi connectivity index (χ1) is 11.5. The summed E-state index contributed by atoms with van der Waals surface area (Å²) in [7, 11) is 1.76. The number of benzene rings is 1. The Balaban J connectivity index is 1.89. The third-order valence-electron chi connectivity index (χ3n) is 3.49. The summed E-state index contributed by atoms with van der Waals surface area (Å²) in [4.78, 5) is 0.406. The molecule has 0 spiro atoms. The predicted octanol–water partition coefficient (Wildman–Crippen LogP) is 2.98. The number of hydrogen-bond donors (Lipinski definition) is 0. The van der Waals surface area contributed by atoms with Gasteiger partial charge in [-0.15, -0.1) is 10.2 Å². The van der Waals surface area contributed by atoms with E-state index in [0.717, 1.165) is 29.2 Å². The first-order valence-electron chi connectivity index (χ1n) is 6.83. The lowest BCUT2D eigenvalue weighted by molar-refractivity contribution is 0.449. The molecule has 0 saturated heterocycles. The monoisotopic (exact) mass is 350 g/mol. The molecule has 0 atom stereocenters. The number of hydrogen-bond acceptors (Lipinski definition) is 5. The number of nitrogens with zero attached hydrogens (tertiary/aromatic N) is 6. The topological polar surface area (TPSA) is 60.9 Å². The van der Waals surface area contributed by atoms with Gasteiger partial charge in [0.1, 0.15) is 5.69 Å². The van der Waals surface area contributed by atoms with Crippen LogP contribution in [0.2, 0.25) is 0 Å². The Bertz CT molecular complexity index is 1080. The molecule has 0 saturated carbocycles. The molecule has 0 radical (unpaired) electrons. The third kappa shape index (κ3) is 2.10. The fourth-order valence-corrected chi connectivity index (χ4v) is 3.25. The zero-order chi connectivity index (χ0) is 17.0. The maximum absolute atomic E-state index is 14.0. The summed E-state index contributed by atoms with van der Waals surface area (Å²) in [6.45, 7) is 1.84. The Morgan fingerprint density at radius 2 is 1.83 bits per heavy atom. The van der Waals surface area contributed by atoms with Crippen molar-refractivity contribution in [1.29, 1.82) is 0 Å². The van der Waals surface area contributed by atoms with E-state index in [1.807, 2.05) is 13.0 Å². The van der Waals surface area contributed by atoms with Crippen molar-refractivity contribution in [2.24, 2.45) is 7.05 Å². The van der Waals surface area contributed by atoms with E-state index >= 15 is 0 Å². The highest BCUT2D eigenvalue weighted by atomic mass is 32.1. The Kier molecular flexibility index (Phi) is 3.17. The molecular formula is C14H9F3N6S. The molecule has 0 aliphatic heterocycles. The van der Waals surface area contributed by atoms with Gasteiger partial charge in [-0.2, -0.15) is 14.7 Å². The van der Waals surface area contributed by atoms with Gasteiger partial charge in [0.05, 0.1) is 11.3 Å². The van der Waals surface area contributed by atoms with Gasteiger partial charge in [-0.05, 0) is 25.1 Å². The quantitative estimate of drug-likeness (QED) is 0.522. The SMILES string of the molecule is Cc1cc(-c2nnc3sc(-c4ccc(F)c(F)c4F)nn23)n(C)n1. The average Bonchev–Trinajstić information content (AvgIpc) is 3.19. The van der Waals surface area contributed by atoms with Crippen LogP contribution in [0, 0.1) is 24.4 Å². The van der Waals surface area contributed by atoms with Crippen molar-refractivity contribution in [2.45, 2.75) is 6.92 Å². The molecule has 122 valence electrons. The molecule has 0 unspecified atom stereocenters. The van der Waals surface area contributed by atoms with Crippen LogP contribution in [0.1, 0.15) is 5.69 Å². The fourth-order valence-electron chi connectivity index (χ4n) is 2.40. The lowest BCUT2D eigenvalue weighted by atomic mass is 10.2. The van der Waals surface area contributed by atoms with E-state index in [1.165, 1.54) is 4.52 Å². The predicted molar refractivity (Wildman–Crippen MR) is 80.9 cm³/mol. The van der Waals surface area contributed by atoms with Crippen molar-refractivity contribution in [3.8, 4) is 22.1 Å². The lowest BCUT2D eigenvalue weighted by Crippen LogP contribution is -1.99. The molecule has 0 bridgehead atoms. The lowest BCUT2D eigenvalue weighted by Gasteiger charge is -2.00. The second kappa shape index (κ2) is 5.13. The molecule has 0 N–H and O–H groups in total. The van der Waals surface area contributed by atoms with Crippen LogP contribution in [-0.4, -0.2) is 29.6 Å². The number of halogens is 3. The minimum Gasteiger partial charge on any atom is -0.264 e. The van der Waals surface area contributed by atoms with Gasteiger partial charge in [-0.1, -0.05) is 11.3 Å². The Morgan fingerprint density at radius 1 is 1.04 bits per heavy atom. The van der Waals surface area contributed by atoms with Gasteiger partial charge in [0, 0.05) is 7.05 Å². The minimum atomic E-state index is -1.53. The van der Waals surface area contributed by atoms with Gasteiger partial charge in [0.25, 0.3) is 0 Å². The zero-order valence-corrected chi connectivity index (χ0v) is 13.3. The molecule has 24 heavy (non-hydrogen) atoms. The van der Waals surface area contributed by atoms with E-state index in [0.29, 0.717) is 16.5 Å². The normalized spacial score (nSPS) is 11.5. The van der Waals surface area contributed by atoms with Crippen LogP contribution in [0.5, 0.6) is 0 Å².